The molecule has 0 spiro atoms. The van der Waals surface area contributed by atoms with E-state index in [9.17, 15) is 5.11 Å². The minimum absolute atomic E-state index is 0.147. The monoisotopic (exact) mass is 335 g/mol. The number of hydrogen-bond donors (Lipinski definition) is 3. The van der Waals surface area contributed by atoms with E-state index in [2.05, 4.69) is 24.2 Å². The first kappa shape index (κ1) is 18.4. The Balaban J connectivity index is 2.01. The fourth-order valence-electron chi connectivity index (χ4n) is 3.43. The molecule has 0 heterocycles. The lowest BCUT2D eigenvalue weighted by molar-refractivity contribution is -0.0306. The number of guanidine groups is 1. The molecule has 6 nitrogen and oxygen atoms in total. The highest BCUT2D eigenvalue weighted by atomic mass is 16.5. The van der Waals surface area contributed by atoms with E-state index in [0.29, 0.717) is 18.0 Å². The Hall–Kier alpha value is -1.95. The van der Waals surface area contributed by atoms with E-state index in [1.54, 1.807) is 26.4 Å². The summed E-state index contributed by atoms with van der Waals surface area (Å²) < 4.78 is 10.5. The Labute approximate surface area is 144 Å². The van der Waals surface area contributed by atoms with Crippen LogP contribution in [0, 0.1) is 5.41 Å². The van der Waals surface area contributed by atoms with Crippen LogP contribution in [0.2, 0.25) is 0 Å². The summed E-state index contributed by atoms with van der Waals surface area (Å²) in [4.78, 5) is 4.34. The van der Waals surface area contributed by atoms with Crippen molar-refractivity contribution in [2.75, 3.05) is 26.1 Å². The predicted octanol–water partition coefficient (Wildman–Crippen LogP) is 2.76. The van der Waals surface area contributed by atoms with Crippen molar-refractivity contribution in [2.24, 2.45) is 16.1 Å². The number of anilines is 1. The molecule has 0 radical (unpaired) electrons. The summed E-state index contributed by atoms with van der Waals surface area (Å²) >= 11 is 0. The highest BCUT2D eigenvalue weighted by Gasteiger charge is 2.38. The first-order valence-corrected chi connectivity index (χ1v) is 8.28. The summed E-state index contributed by atoms with van der Waals surface area (Å²) in [6.45, 7) is 4.68. The van der Waals surface area contributed by atoms with E-state index < -0.39 is 5.60 Å². The topological polar surface area (TPSA) is 89.1 Å². The quantitative estimate of drug-likeness (QED) is 0.569. The van der Waals surface area contributed by atoms with Gasteiger partial charge in [0.05, 0.1) is 26.4 Å². The summed E-state index contributed by atoms with van der Waals surface area (Å²) in [5, 5.41) is 13.8. The van der Waals surface area contributed by atoms with Crippen LogP contribution in [0.3, 0.4) is 0 Å². The summed E-state index contributed by atoms with van der Waals surface area (Å²) in [7, 11) is 3.17. The van der Waals surface area contributed by atoms with E-state index >= 15 is 0 Å². The maximum absolute atomic E-state index is 10.7. The normalized spacial score (nSPS) is 23.6. The third-order valence-electron chi connectivity index (χ3n) is 4.50. The van der Waals surface area contributed by atoms with Gasteiger partial charge in [0.15, 0.2) is 17.5 Å². The fourth-order valence-corrected chi connectivity index (χ4v) is 3.43. The van der Waals surface area contributed by atoms with Gasteiger partial charge in [-0.1, -0.05) is 13.8 Å². The maximum atomic E-state index is 10.7. The molecule has 0 saturated heterocycles. The van der Waals surface area contributed by atoms with Gasteiger partial charge in [0.1, 0.15) is 0 Å². The Morgan fingerprint density at radius 1 is 1.25 bits per heavy atom. The predicted molar refractivity (Wildman–Crippen MR) is 96.9 cm³/mol. The molecule has 1 saturated carbocycles. The Morgan fingerprint density at radius 2 is 1.96 bits per heavy atom. The van der Waals surface area contributed by atoms with Gasteiger partial charge >= 0.3 is 0 Å². The number of nitrogens with two attached hydrogens (primary N) is 1. The SMILES string of the molecule is COc1ccc(NC(N)=NCC2(O)CCCC(C)(C)C2)cc1OC. The summed E-state index contributed by atoms with van der Waals surface area (Å²) in [5.74, 6) is 1.54. The van der Waals surface area contributed by atoms with Gasteiger partial charge < -0.3 is 25.6 Å². The first-order chi connectivity index (χ1) is 11.3. The van der Waals surface area contributed by atoms with E-state index in [1.165, 1.54) is 0 Å². The number of nitrogens with zero attached hydrogens (tertiary/aromatic N) is 1. The van der Waals surface area contributed by atoms with Crippen molar-refractivity contribution in [1.29, 1.82) is 0 Å². The van der Waals surface area contributed by atoms with Crippen LogP contribution in [0.5, 0.6) is 11.5 Å². The van der Waals surface area contributed by atoms with Gasteiger partial charge in [0.2, 0.25) is 0 Å². The van der Waals surface area contributed by atoms with Crippen molar-refractivity contribution in [3.8, 4) is 11.5 Å². The first-order valence-electron chi connectivity index (χ1n) is 8.28. The number of hydrogen-bond acceptors (Lipinski definition) is 4. The van der Waals surface area contributed by atoms with Crippen molar-refractivity contribution >= 4 is 11.6 Å². The van der Waals surface area contributed by atoms with Gasteiger partial charge in [-0.25, -0.2) is 0 Å². The summed E-state index contributed by atoms with van der Waals surface area (Å²) in [6.07, 6.45) is 3.66. The van der Waals surface area contributed by atoms with Crippen LogP contribution in [0.1, 0.15) is 39.5 Å². The molecular weight excluding hydrogens is 306 g/mol. The molecule has 1 aliphatic rings. The number of nitrogens with one attached hydrogen (secondary N) is 1. The maximum Gasteiger partial charge on any atom is 0.193 e. The molecule has 4 N–H and O–H groups in total. The Kier molecular flexibility index (Phi) is 5.59. The van der Waals surface area contributed by atoms with E-state index in [0.717, 1.165) is 31.4 Å². The largest absolute Gasteiger partial charge is 0.493 e. The van der Waals surface area contributed by atoms with Gasteiger partial charge in [0, 0.05) is 11.8 Å². The standard InChI is InChI=1S/C18H29N3O3/c1-17(2)8-5-9-18(22,11-17)12-20-16(19)21-13-6-7-14(23-3)15(10-13)24-4/h6-7,10,22H,5,8-9,11-12H2,1-4H3,(H3,19,20,21). The molecule has 0 aliphatic heterocycles. The van der Waals surface area contributed by atoms with Crippen LogP contribution in [-0.4, -0.2) is 37.4 Å². The summed E-state index contributed by atoms with van der Waals surface area (Å²) in [5.41, 5.74) is 6.10. The van der Waals surface area contributed by atoms with Crippen molar-refractivity contribution in [3.05, 3.63) is 18.2 Å². The lowest BCUT2D eigenvalue weighted by Crippen LogP contribution is -2.42. The molecule has 1 aromatic carbocycles. The van der Waals surface area contributed by atoms with Gasteiger partial charge in [-0.15, -0.1) is 0 Å². The lowest BCUT2D eigenvalue weighted by atomic mass is 9.70. The fraction of sp³-hybridized carbons (Fsp3) is 0.611. The Bertz CT molecular complexity index is 601. The smallest absolute Gasteiger partial charge is 0.193 e. The molecule has 1 aromatic rings. The average Bonchev–Trinajstić information content (AvgIpc) is 2.51. The molecule has 0 amide bonds. The number of rotatable bonds is 5. The van der Waals surface area contributed by atoms with Crippen molar-refractivity contribution in [3.63, 3.8) is 0 Å². The number of ether oxygens (including phenoxy) is 2. The average molecular weight is 335 g/mol. The molecular formula is C18H29N3O3. The second-order valence-electron chi connectivity index (χ2n) is 7.32. The lowest BCUT2D eigenvalue weighted by Gasteiger charge is -2.40. The molecule has 0 bridgehead atoms. The van der Waals surface area contributed by atoms with Gasteiger partial charge in [-0.3, -0.25) is 4.99 Å². The van der Waals surface area contributed by atoms with E-state index in [4.69, 9.17) is 15.2 Å². The third-order valence-corrected chi connectivity index (χ3v) is 4.50. The molecule has 1 atom stereocenters. The number of aliphatic hydroxyl groups is 1. The number of benzene rings is 1. The van der Waals surface area contributed by atoms with Crippen LogP contribution in [-0.2, 0) is 0 Å². The molecule has 1 unspecified atom stereocenters. The highest BCUT2D eigenvalue weighted by molar-refractivity contribution is 5.92. The molecule has 2 rings (SSSR count). The van der Waals surface area contributed by atoms with Crippen LogP contribution in [0.4, 0.5) is 5.69 Å². The van der Waals surface area contributed by atoms with E-state index in [-0.39, 0.29) is 11.4 Å². The van der Waals surface area contributed by atoms with Crippen LogP contribution in [0.25, 0.3) is 0 Å². The highest BCUT2D eigenvalue weighted by Crippen LogP contribution is 2.41. The van der Waals surface area contributed by atoms with Crippen LogP contribution < -0.4 is 20.5 Å². The minimum Gasteiger partial charge on any atom is -0.493 e. The van der Waals surface area contributed by atoms with Crippen molar-refractivity contribution in [1.82, 2.24) is 0 Å². The van der Waals surface area contributed by atoms with Gasteiger partial charge in [-0.05, 0) is 43.2 Å². The summed E-state index contributed by atoms with van der Waals surface area (Å²) in [6, 6.07) is 5.42. The zero-order valence-electron chi connectivity index (χ0n) is 15.1. The van der Waals surface area contributed by atoms with Crippen LogP contribution in [0.15, 0.2) is 23.2 Å². The van der Waals surface area contributed by atoms with Gasteiger partial charge in [0.25, 0.3) is 0 Å². The van der Waals surface area contributed by atoms with Crippen LogP contribution >= 0.6 is 0 Å². The molecule has 1 aliphatic carbocycles. The minimum atomic E-state index is -0.772. The second kappa shape index (κ2) is 7.30. The second-order valence-corrected chi connectivity index (χ2v) is 7.32. The number of aliphatic imine (C=N–C) groups is 1. The molecule has 0 aromatic heterocycles. The number of methoxy groups -OCH3 is 2. The van der Waals surface area contributed by atoms with Crippen molar-refractivity contribution in [2.45, 2.75) is 45.1 Å². The molecule has 6 heteroatoms. The van der Waals surface area contributed by atoms with E-state index in [1.807, 2.05) is 6.07 Å². The zero-order chi connectivity index (χ0) is 17.8. The molecule has 134 valence electrons. The zero-order valence-corrected chi connectivity index (χ0v) is 15.1. The third kappa shape index (κ3) is 4.77. The molecule has 1 fully saturated rings. The van der Waals surface area contributed by atoms with Crippen molar-refractivity contribution < 1.29 is 14.6 Å². The van der Waals surface area contributed by atoms with Gasteiger partial charge in [-0.2, -0.15) is 0 Å². The molecule has 24 heavy (non-hydrogen) atoms. The Morgan fingerprint density at radius 3 is 2.58 bits per heavy atom.